The molecule has 0 amide bonds. The second-order valence-corrected chi connectivity index (χ2v) is 4.84. The topological polar surface area (TPSA) is 51.5 Å². The zero-order chi connectivity index (χ0) is 12.5. The second kappa shape index (κ2) is 4.50. The molecule has 0 aliphatic heterocycles. The van der Waals surface area contributed by atoms with Crippen LogP contribution in [-0.2, 0) is 4.74 Å². The van der Waals surface area contributed by atoms with Gasteiger partial charge >= 0.3 is 0 Å². The molecule has 92 valence electrons. The predicted molar refractivity (Wildman–Crippen MR) is 67.6 cm³/mol. The molecule has 0 aliphatic carbocycles. The molecular weight excluding hydrogens is 240 g/mol. The van der Waals surface area contributed by atoms with Gasteiger partial charge in [-0.2, -0.15) is 4.98 Å². The number of pyridine rings is 1. The fourth-order valence-corrected chi connectivity index (χ4v) is 1.45. The van der Waals surface area contributed by atoms with E-state index in [2.05, 4.69) is 15.4 Å². The van der Waals surface area contributed by atoms with E-state index in [1.165, 1.54) is 0 Å². The number of nitrogens with one attached hydrogen (secondary N) is 1. The van der Waals surface area contributed by atoms with Crippen LogP contribution in [-0.4, -0.2) is 33.9 Å². The summed E-state index contributed by atoms with van der Waals surface area (Å²) in [6.07, 6.45) is 1.72. The Bertz CT molecular complexity index is 523. The van der Waals surface area contributed by atoms with E-state index in [1.54, 1.807) is 23.9 Å². The molecule has 0 spiro atoms. The highest BCUT2D eigenvalue weighted by Gasteiger charge is 2.16. The Hall–Kier alpha value is -1.33. The Morgan fingerprint density at radius 2 is 2.24 bits per heavy atom. The lowest BCUT2D eigenvalue weighted by Gasteiger charge is -2.22. The van der Waals surface area contributed by atoms with Gasteiger partial charge in [-0.15, -0.1) is 5.10 Å². The van der Waals surface area contributed by atoms with E-state index in [1.807, 2.05) is 19.9 Å². The number of anilines is 1. The third-order valence-electron chi connectivity index (χ3n) is 2.52. The Kier molecular flexibility index (Phi) is 3.22. The Morgan fingerprint density at radius 3 is 2.94 bits per heavy atom. The number of hydrogen-bond acceptors (Lipinski definition) is 4. The van der Waals surface area contributed by atoms with Crippen molar-refractivity contribution in [3.63, 3.8) is 0 Å². The molecule has 1 N–H and O–H groups in total. The van der Waals surface area contributed by atoms with Crippen molar-refractivity contribution in [2.45, 2.75) is 19.4 Å². The molecule has 6 heteroatoms. The van der Waals surface area contributed by atoms with Crippen LogP contribution in [0, 0.1) is 0 Å². The van der Waals surface area contributed by atoms with Gasteiger partial charge in [0.2, 0.25) is 5.95 Å². The number of nitrogens with zero attached hydrogens (tertiary/aromatic N) is 3. The highest BCUT2D eigenvalue weighted by atomic mass is 35.5. The number of halogens is 1. The van der Waals surface area contributed by atoms with Crippen molar-refractivity contribution in [2.75, 3.05) is 19.0 Å². The van der Waals surface area contributed by atoms with Crippen LogP contribution in [0.15, 0.2) is 18.3 Å². The van der Waals surface area contributed by atoms with Crippen LogP contribution < -0.4 is 5.32 Å². The minimum absolute atomic E-state index is 0.255. The first kappa shape index (κ1) is 12.1. The Labute approximate surface area is 105 Å². The van der Waals surface area contributed by atoms with Crippen molar-refractivity contribution >= 4 is 23.2 Å². The summed E-state index contributed by atoms with van der Waals surface area (Å²) >= 11 is 5.87. The van der Waals surface area contributed by atoms with Gasteiger partial charge in [0.1, 0.15) is 0 Å². The molecule has 0 bridgehead atoms. The van der Waals surface area contributed by atoms with Crippen LogP contribution in [0.25, 0.3) is 5.65 Å². The normalized spacial score (nSPS) is 12.0. The summed E-state index contributed by atoms with van der Waals surface area (Å²) in [7, 11) is 1.68. The van der Waals surface area contributed by atoms with Gasteiger partial charge in [-0.05, 0) is 26.0 Å². The Morgan fingerprint density at radius 1 is 1.47 bits per heavy atom. The van der Waals surface area contributed by atoms with Crippen molar-refractivity contribution in [1.82, 2.24) is 14.6 Å². The summed E-state index contributed by atoms with van der Waals surface area (Å²) in [5.41, 5.74) is 0.502. The molecule has 0 unspecified atom stereocenters. The highest BCUT2D eigenvalue weighted by molar-refractivity contribution is 6.30. The fraction of sp³-hybridized carbons (Fsp3) is 0.455. The number of fused-ring (bicyclic) bond motifs is 1. The molecular formula is C11H15ClN4O. The van der Waals surface area contributed by atoms with Crippen LogP contribution in [0.2, 0.25) is 5.02 Å². The lowest BCUT2D eigenvalue weighted by Crippen LogP contribution is -2.32. The van der Waals surface area contributed by atoms with E-state index in [-0.39, 0.29) is 5.60 Å². The standard InChI is InChI=1S/C11H15ClN4O/c1-11(2,17-3)7-13-10-14-9-5-4-8(12)6-16(9)15-10/h4-6H,7H2,1-3H3,(H,13,15). The molecule has 2 aromatic heterocycles. The summed E-state index contributed by atoms with van der Waals surface area (Å²) in [5.74, 6) is 0.567. The highest BCUT2D eigenvalue weighted by Crippen LogP contribution is 2.13. The van der Waals surface area contributed by atoms with Crippen molar-refractivity contribution in [3.05, 3.63) is 23.4 Å². The summed E-state index contributed by atoms with van der Waals surface area (Å²) in [6, 6.07) is 3.61. The quantitative estimate of drug-likeness (QED) is 0.909. The summed E-state index contributed by atoms with van der Waals surface area (Å²) < 4.78 is 6.95. The molecule has 0 fully saturated rings. The largest absolute Gasteiger partial charge is 0.377 e. The van der Waals surface area contributed by atoms with Crippen LogP contribution in [0.3, 0.4) is 0 Å². The van der Waals surface area contributed by atoms with Gasteiger partial charge in [0.05, 0.1) is 10.6 Å². The smallest absolute Gasteiger partial charge is 0.243 e. The van der Waals surface area contributed by atoms with Gasteiger partial charge in [-0.25, -0.2) is 4.52 Å². The van der Waals surface area contributed by atoms with Crippen molar-refractivity contribution in [3.8, 4) is 0 Å². The second-order valence-electron chi connectivity index (χ2n) is 4.40. The molecule has 17 heavy (non-hydrogen) atoms. The van der Waals surface area contributed by atoms with Crippen molar-refractivity contribution in [1.29, 1.82) is 0 Å². The minimum Gasteiger partial charge on any atom is -0.377 e. The van der Waals surface area contributed by atoms with Crippen LogP contribution in [0.4, 0.5) is 5.95 Å². The van der Waals surface area contributed by atoms with Gasteiger partial charge in [0.15, 0.2) is 5.65 Å². The van der Waals surface area contributed by atoms with Gasteiger partial charge in [0, 0.05) is 19.9 Å². The Balaban J connectivity index is 2.15. The summed E-state index contributed by atoms with van der Waals surface area (Å²) in [6.45, 7) is 4.62. The van der Waals surface area contributed by atoms with E-state index in [4.69, 9.17) is 16.3 Å². The van der Waals surface area contributed by atoms with Gasteiger partial charge in [-0.1, -0.05) is 11.6 Å². The first-order valence-electron chi connectivity index (χ1n) is 5.31. The number of hydrogen-bond donors (Lipinski definition) is 1. The van der Waals surface area contributed by atoms with E-state index in [9.17, 15) is 0 Å². The van der Waals surface area contributed by atoms with Crippen molar-refractivity contribution < 1.29 is 4.74 Å². The third kappa shape index (κ3) is 2.87. The van der Waals surface area contributed by atoms with E-state index >= 15 is 0 Å². The molecule has 5 nitrogen and oxygen atoms in total. The number of rotatable bonds is 4. The summed E-state index contributed by atoms with van der Waals surface area (Å²) in [5, 5.41) is 8.03. The summed E-state index contributed by atoms with van der Waals surface area (Å²) in [4.78, 5) is 4.32. The SMILES string of the molecule is COC(C)(C)CNc1nc2ccc(Cl)cn2n1. The van der Waals surface area contributed by atoms with Crippen LogP contribution >= 0.6 is 11.6 Å². The molecule has 0 radical (unpaired) electrons. The number of ether oxygens (including phenoxy) is 1. The maximum atomic E-state index is 5.87. The lowest BCUT2D eigenvalue weighted by molar-refractivity contribution is 0.0342. The third-order valence-corrected chi connectivity index (χ3v) is 2.74. The fourth-order valence-electron chi connectivity index (χ4n) is 1.30. The lowest BCUT2D eigenvalue weighted by atomic mass is 10.1. The minimum atomic E-state index is -0.255. The average Bonchev–Trinajstić information content (AvgIpc) is 2.68. The van der Waals surface area contributed by atoms with Gasteiger partial charge < -0.3 is 10.1 Å². The molecule has 0 saturated carbocycles. The zero-order valence-electron chi connectivity index (χ0n) is 10.1. The molecule has 2 aromatic rings. The molecule has 0 atom stereocenters. The molecule has 0 saturated heterocycles. The maximum Gasteiger partial charge on any atom is 0.243 e. The number of aromatic nitrogens is 3. The first-order valence-corrected chi connectivity index (χ1v) is 5.69. The van der Waals surface area contributed by atoms with Crippen molar-refractivity contribution in [2.24, 2.45) is 0 Å². The van der Waals surface area contributed by atoms with E-state index in [0.717, 1.165) is 5.65 Å². The maximum absolute atomic E-state index is 5.87. The molecule has 0 aromatic carbocycles. The first-order chi connectivity index (χ1) is 8.00. The average molecular weight is 255 g/mol. The van der Waals surface area contributed by atoms with Crippen LogP contribution in [0.5, 0.6) is 0 Å². The monoisotopic (exact) mass is 254 g/mol. The zero-order valence-corrected chi connectivity index (χ0v) is 10.8. The molecule has 2 rings (SSSR count). The van der Waals surface area contributed by atoms with Gasteiger partial charge in [0.25, 0.3) is 0 Å². The molecule has 0 aliphatic rings. The predicted octanol–water partition coefficient (Wildman–Crippen LogP) is 2.22. The van der Waals surface area contributed by atoms with E-state index in [0.29, 0.717) is 17.5 Å². The van der Waals surface area contributed by atoms with Gasteiger partial charge in [-0.3, -0.25) is 0 Å². The molecule has 2 heterocycles. The van der Waals surface area contributed by atoms with Crippen LogP contribution in [0.1, 0.15) is 13.8 Å². The number of methoxy groups -OCH3 is 1. The van der Waals surface area contributed by atoms with E-state index < -0.39 is 0 Å².